The van der Waals surface area contributed by atoms with Gasteiger partial charge in [-0.3, -0.25) is 24.1 Å². The molecule has 12 heteroatoms. The lowest BCUT2D eigenvalue weighted by Gasteiger charge is -2.40. The molecular weight excluding hydrogens is 731 g/mol. The van der Waals surface area contributed by atoms with Crippen molar-refractivity contribution in [3.63, 3.8) is 0 Å². The van der Waals surface area contributed by atoms with Gasteiger partial charge in [0.15, 0.2) is 11.6 Å². The molecule has 0 saturated carbocycles. The fourth-order valence-corrected chi connectivity index (χ4v) is 9.37. The molecule has 2 aromatic rings. The van der Waals surface area contributed by atoms with E-state index >= 15 is 0 Å². The zero-order valence-electron chi connectivity index (χ0n) is 35.7. The number of carbonyl (C=O) groups is 4. The summed E-state index contributed by atoms with van der Waals surface area (Å²) < 4.78 is 18.1. The van der Waals surface area contributed by atoms with Gasteiger partial charge in [0.25, 0.3) is 0 Å². The molecule has 1 aromatic heterocycles. The van der Waals surface area contributed by atoms with E-state index in [2.05, 4.69) is 18.8 Å². The minimum atomic E-state index is -0.883. The van der Waals surface area contributed by atoms with Crippen LogP contribution in [0.15, 0.2) is 41.9 Å². The molecule has 1 saturated heterocycles. The Kier molecular flexibility index (Phi) is 19.4. The number of carbonyl (C=O) groups excluding carboxylic acids is 4. The highest BCUT2D eigenvalue weighted by molar-refractivity contribution is 7.09. The largest absolute Gasteiger partial charge is 0.396 e. The average molecular weight is 800 g/mol. The predicted molar refractivity (Wildman–Crippen MR) is 221 cm³/mol. The first kappa shape index (κ1) is 47.5. The Morgan fingerprint density at radius 2 is 1.64 bits per heavy atom. The smallest absolute Gasteiger partial charge is 0.226 e. The molecule has 1 N–H and O–H groups in total. The van der Waals surface area contributed by atoms with Crippen LogP contribution in [-0.2, 0) is 39.8 Å². The standard InChI is InChI=1S/C44H69N3O8S/c1-12-29(6)40(47(9)44(52)33(27(2)3)25-35(50)39(28(4)5)46(7)8)38(53-10)24-32(49)18-19-37-34(26-48)41(54-11)42(55-37)36(51)23-31(43-45-20-21-56-43)22-30-16-14-13-15-17-30/h13-17,20-21,27-29,31,33-34,37-42,48H,12,18-19,22-26H2,1-11H3/t29-,31+,33-,34+,37?,38-,39-,40?,41-,42+/m0/s1. The molecule has 0 spiro atoms. The highest BCUT2D eigenvalue weighted by atomic mass is 32.1. The second-order valence-corrected chi connectivity index (χ2v) is 17.5. The molecule has 1 amide bonds. The first-order valence-electron chi connectivity index (χ1n) is 20.3. The van der Waals surface area contributed by atoms with Gasteiger partial charge in [0.1, 0.15) is 11.9 Å². The maximum Gasteiger partial charge on any atom is 0.226 e. The van der Waals surface area contributed by atoms with Crippen molar-refractivity contribution in [1.82, 2.24) is 14.8 Å². The molecule has 1 aliphatic rings. The van der Waals surface area contributed by atoms with Crippen LogP contribution in [0, 0.1) is 29.6 Å². The highest BCUT2D eigenvalue weighted by Gasteiger charge is 2.48. The van der Waals surface area contributed by atoms with Crippen LogP contribution >= 0.6 is 11.3 Å². The van der Waals surface area contributed by atoms with Gasteiger partial charge in [-0.25, -0.2) is 4.98 Å². The second-order valence-electron chi connectivity index (χ2n) is 16.6. The van der Waals surface area contributed by atoms with Gasteiger partial charge in [-0.15, -0.1) is 11.3 Å². The molecule has 2 heterocycles. The molecule has 3 rings (SSSR count). The fraction of sp³-hybridized carbons (Fsp3) is 0.705. The fourth-order valence-electron chi connectivity index (χ4n) is 8.63. The van der Waals surface area contributed by atoms with Gasteiger partial charge in [0.2, 0.25) is 5.91 Å². The lowest BCUT2D eigenvalue weighted by Crippen LogP contribution is -2.52. The number of hydrogen-bond donors (Lipinski definition) is 1. The Labute approximate surface area is 339 Å². The first-order chi connectivity index (χ1) is 26.6. The topological polar surface area (TPSA) is 136 Å². The molecule has 0 radical (unpaired) electrons. The van der Waals surface area contributed by atoms with E-state index in [1.165, 1.54) is 18.4 Å². The number of nitrogens with zero attached hydrogens (tertiary/aromatic N) is 3. The number of Topliss-reactive ketones (excluding diaryl/α,β-unsaturated/α-hetero) is 3. The lowest BCUT2D eigenvalue weighted by atomic mass is 9.83. The number of ketones is 3. The summed E-state index contributed by atoms with van der Waals surface area (Å²) in [5.41, 5.74) is 1.11. The normalized spacial score (nSPS) is 21.8. The van der Waals surface area contributed by atoms with Crippen molar-refractivity contribution >= 4 is 34.6 Å². The number of aromatic nitrogens is 1. The van der Waals surface area contributed by atoms with E-state index in [0.717, 1.165) is 17.0 Å². The SMILES string of the molecule is CC[C@H](C)C([C@H](CC(=O)CCC1O[C@H](C(=O)C[C@@H](Cc2ccccc2)c2nccs2)[C@@H](OC)[C@@H]1CO)OC)N(C)C(=O)[C@@H](CC(=O)[C@H](C(C)C)N(C)C)C(C)C. The molecule has 314 valence electrons. The predicted octanol–water partition coefficient (Wildman–Crippen LogP) is 6.26. The summed E-state index contributed by atoms with van der Waals surface area (Å²) in [6.07, 6.45) is 1.34. The number of rotatable bonds is 25. The van der Waals surface area contributed by atoms with Crippen molar-refractivity contribution in [3.05, 3.63) is 52.5 Å². The minimum Gasteiger partial charge on any atom is -0.396 e. The highest BCUT2D eigenvalue weighted by Crippen LogP contribution is 2.36. The summed E-state index contributed by atoms with van der Waals surface area (Å²) in [7, 11) is 8.64. The molecule has 1 aromatic carbocycles. The third kappa shape index (κ3) is 12.6. The molecular formula is C44H69N3O8S. The van der Waals surface area contributed by atoms with Gasteiger partial charge in [-0.2, -0.15) is 0 Å². The number of benzene rings is 1. The van der Waals surface area contributed by atoms with Crippen LogP contribution in [0.3, 0.4) is 0 Å². The van der Waals surface area contributed by atoms with Gasteiger partial charge >= 0.3 is 0 Å². The first-order valence-corrected chi connectivity index (χ1v) is 21.2. The summed E-state index contributed by atoms with van der Waals surface area (Å²) >= 11 is 1.52. The minimum absolute atomic E-state index is 0.0108. The van der Waals surface area contributed by atoms with Crippen LogP contribution in [0.5, 0.6) is 0 Å². The quantitative estimate of drug-likeness (QED) is 0.123. The number of ether oxygens (including phenoxy) is 3. The maximum absolute atomic E-state index is 14.2. The Bertz CT molecular complexity index is 1490. The Balaban J connectivity index is 1.72. The van der Waals surface area contributed by atoms with Gasteiger partial charge < -0.3 is 24.2 Å². The third-order valence-electron chi connectivity index (χ3n) is 11.8. The average Bonchev–Trinajstić information content (AvgIpc) is 3.83. The Hall–Kier alpha value is -2.87. The van der Waals surface area contributed by atoms with E-state index in [0.29, 0.717) is 12.8 Å². The second kappa shape index (κ2) is 22.9. The van der Waals surface area contributed by atoms with Crippen molar-refractivity contribution in [2.75, 3.05) is 42.0 Å². The number of hydrogen-bond acceptors (Lipinski definition) is 11. The van der Waals surface area contributed by atoms with E-state index in [1.54, 1.807) is 25.3 Å². The van der Waals surface area contributed by atoms with Crippen LogP contribution < -0.4 is 0 Å². The van der Waals surface area contributed by atoms with Gasteiger partial charge in [-0.05, 0) is 50.3 Å². The number of amides is 1. The number of aliphatic hydroxyl groups is 1. The molecule has 56 heavy (non-hydrogen) atoms. The van der Waals surface area contributed by atoms with E-state index < -0.39 is 42.3 Å². The van der Waals surface area contributed by atoms with Crippen molar-refractivity contribution in [3.8, 4) is 0 Å². The summed E-state index contributed by atoms with van der Waals surface area (Å²) in [6, 6.07) is 9.32. The van der Waals surface area contributed by atoms with Gasteiger partial charge in [0, 0.05) is 76.3 Å². The zero-order valence-corrected chi connectivity index (χ0v) is 36.5. The molecule has 1 fully saturated rings. The molecule has 1 aliphatic heterocycles. The Morgan fingerprint density at radius 3 is 2.16 bits per heavy atom. The van der Waals surface area contributed by atoms with E-state index in [9.17, 15) is 24.3 Å². The number of methoxy groups -OCH3 is 2. The number of thiazole rings is 1. The van der Waals surface area contributed by atoms with Gasteiger partial charge in [-0.1, -0.05) is 78.3 Å². The van der Waals surface area contributed by atoms with Crippen LogP contribution in [0.1, 0.15) is 96.6 Å². The van der Waals surface area contributed by atoms with E-state index in [4.69, 9.17) is 14.2 Å². The molecule has 10 atom stereocenters. The van der Waals surface area contributed by atoms with Crippen LogP contribution in [0.4, 0.5) is 0 Å². The van der Waals surface area contributed by atoms with E-state index in [-0.39, 0.29) is 85.3 Å². The van der Waals surface area contributed by atoms with Crippen molar-refractivity contribution in [2.45, 2.75) is 129 Å². The third-order valence-corrected chi connectivity index (χ3v) is 12.7. The summed E-state index contributed by atoms with van der Waals surface area (Å²) in [6.45, 7) is 11.8. The van der Waals surface area contributed by atoms with Crippen molar-refractivity contribution in [2.24, 2.45) is 29.6 Å². The zero-order chi connectivity index (χ0) is 41.7. The molecule has 2 unspecified atom stereocenters. The summed E-state index contributed by atoms with van der Waals surface area (Å²) in [4.78, 5) is 63.5. The molecule has 0 aliphatic carbocycles. The van der Waals surface area contributed by atoms with Crippen LogP contribution in [0.2, 0.25) is 0 Å². The van der Waals surface area contributed by atoms with E-state index in [1.807, 2.05) is 82.4 Å². The Morgan fingerprint density at radius 1 is 0.964 bits per heavy atom. The monoisotopic (exact) mass is 799 g/mol. The lowest BCUT2D eigenvalue weighted by molar-refractivity contribution is -0.146. The summed E-state index contributed by atoms with van der Waals surface area (Å²) in [5, 5.41) is 13.3. The maximum atomic E-state index is 14.2. The molecule has 0 bridgehead atoms. The number of likely N-dealkylation sites (N-methyl/N-ethyl adjacent to an activating group) is 2. The summed E-state index contributed by atoms with van der Waals surface area (Å²) in [5.74, 6) is -1.34. The van der Waals surface area contributed by atoms with Crippen LogP contribution in [-0.4, -0.2) is 122 Å². The molecule has 11 nitrogen and oxygen atoms in total. The van der Waals surface area contributed by atoms with Crippen molar-refractivity contribution < 1.29 is 38.5 Å². The van der Waals surface area contributed by atoms with Crippen molar-refractivity contribution in [1.29, 1.82) is 0 Å². The van der Waals surface area contributed by atoms with Crippen LogP contribution in [0.25, 0.3) is 0 Å². The number of aliphatic hydroxyl groups excluding tert-OH is 1. The van der Waals surface area contributed by atoms with Gasteiger partial charge in [0.05, 0.1) is 42.0 Å².